The van der Waals surface area contributed by atoms with Crippen molar-refractivity contribution in [2.75, 3.05) is 76.5 Å². The molecule has 4 atom stereocenters. The van der Waals surface area contributed by atoms with Crippen LogP contribution in [0.25, 0.3) is 101 Å². The molecule has 0 amide bonds. The van der Waals surface area contributed by atoms with Gasteiger partial charge in [-0.1, -0.05) is 50.2 Å². The number of anilines is 7. The van der Waals surface area contributed by atoms with E-state index in [0.29, 0.717) is 54.3 Å². The van der Waals surface area contributed by atoms with Gasteiger partial charge < -0.3 is 60.2 Å². The van der Waals surface area contributed by atoms with Gasteiger partial charge in [0.2, 0.25) is 29.7 Å². The number of nitrogens with zero attached hydrogens (tertiary/aromatic N) is 20. The molecule has 3 fully saturated rings. The molecule has 4 aliphatic heterocycles. The van der Waals surface area contributed by atoms with Gasteiger partial charge in [-0.2, -0.15) is 0 Å². The Morgan fingerprint density at radius 2 is 0.676 bits per heavy atom. The van der Waals surface area contributed by atoms with Crippen LogP contribution in [0.1, 0.15) is 132 Å². The van der Waals surface area contributed by atoms with E-state index in [1.807, 2.05) is 115 Å². The highest BCUT2D eigenvalue weighted by Gasteiger charge is 2.37. The van der Waals surface area contributed by atoms with Crippen molar-refractivity contribution in [3.8, 4) is 96.5 Å². The van der Waals surface area contributed by atoms with Crippen LogP contribution in [-0.4, -0.2) is 149 Å². The highest BCUT2D eigenvalue weighted by molar-refractivity contribution is 5.83. The van der Waals surface area contributed by atoms with Crippen molar-refractivity contribution in [1.29, 1.82) is 0 Å². The molecule has 12 aromatic heterocycles. The number of halogens is 4. The van der Waals surface area contributed by atoms with E-state index < -0.39 is 0 Å². The van der Waals surface area contributed by atoms with Crippen LogP contribution in [-0.2, 0) is 25.7 Å². The van der Waals surface area contributed by atoms with Crippen LogP contribution in [0.15, 0.2) is 256 Å². The molecule has 16 heterocycles. The summed E-state index contributed by atoms with van der Waals surface area (Å²) in [6.45, 7) is 8.62. The van der Waals surface area contributed by atoms with Gasteiger partial charge in [0, 0.05) is 148 Å². The Hall–Kier alpha value is -15.8. The Labute approximate surface area is 801 Å². The monoisotopic (exact) mass is 1860 g/mol. The summed E-state index contributed by atoms with van der Waals surface area (Å²) in [5.41, 5.74) is 14.6. The molecule has 17 aromatic rings. The smallest absolute Gasteiger partial charge is 0.223 e. The number of benzene rings is 5. The maximum Gasteiger partial charge on any atom is 0.223 e. The summed E-state index contributed by atoms with van der Waals surface area (Å²) in [6, 6.07) is 64.8. The molecule has 4 unspecified atom stereocenters. The summed E-state index contributed by atoms with van der Waals surface area (Å²) < 4.78 is 70.0. The molecule has 24 rings (SSSR count). The second-order valence-corrected chi connectivity index (χ2v) is 36.5. The second kappa shape index (κ2) is 41.0. The number of aromatic nitrogens is 20. The third kappa shape index (κ3) is 21.0. The molecule has 32 heteroatoms. The average Bonchev–Trinajstić information content (AvgIpc) is 1.61. The van der Waals surface area contributed by atoms with Crippen LogP contribution in [0.4, 0.5) is 58.8 Å². The lowest BCUT2D eigenvalue weighted by Crippen LogP contribution is -2.28. The molecule has 139 heavy (non-hydrogen) atoms. The van der Waals surface area contributed by atoms with Gasteiger partial charge in [0.15, 0.2) is 0 Å². The Balaban J connectivity index is 0.000000110. The number of fused-ring (bicyclic) bond motifs is 5. The summed E-state index contributed by atoms with van der Waals surface area (Å²) >= 11 is 0. The zero-order valence-electron chi connectivity index (χ0n) is 77.1. The van der Waals surface area contributed by atoms with Crippen LogP contribution < -0.4 is 42.0 Å². The number of imidazole rings is 4. The van der Waals surface area contributed by atoms with E-state index in [1.54, 1.807) is 91.9 Å². The Morgan fingerprint density at radius 3 is 1.04 bits per heavy atom. The number of nitrogens with one attached hydrogen (secondary N) is 7. The van der Waals surface area contributed by atoms with Crippen molar-refractivity contribution >= 4 is 52.1 Å². The van der Waals surface area contributed by atoms with Gasteiger partial charge in [0.1, 0.15) is 70.6 Å². The minimum absolute atomic E-state index is 0.0646. The summed E-state index contributed by atoms with van der Waals surface area (Å²) in [7, 11) is 0. The molecule has 702 valence electrons. The zero-order valence-corrected chi connectivity index (χ0v) is 77.1. The first kappa shape index (κ1) is 89.8. The molecule has 0 bridgehead atoms. The van der Waals surface area contributed by atoms with E-state index in [2.05, 4.69) is 109 Å². The molecule has 0 spiro atoms. The molecule has 7 N–H and O–H groups in total. The van der Waals surface area contributed by atoms with Crippen molar-refractivity contribution in [2.24, 2.45) is 11.8 Å². The molecular weight excluding hydrogens is 1760 g/mol. The molecule has 28 nitrogen and oxygen atoms in total. The average molecular weight is 1860 g/mol. The maximum absolute atomic E-state index is 13.7. The van der Waals surface area contributed by atoms with Crippen molar-refractivity contribution in [1.82, 2.24) is 98.0 Å². The molecular formula is C107H105F4N27O. The molecule has 0 radical (unpaired) electrons. The minimum atomic E-state index is -0.274. The van der Waals surface area contributed by atoms with Crippen LogP contribution in [0.3, 0.4) is 0 Å². The summed E-state index contributed by atoms with van der Waals surface area (Å²) in [4.78, 5) is 75.0. The number of ether oxygens (including phenoxy) is 1. The van der Waals surface area contributed by atoms with Crippen molar-refractivity contribution in [3.05, 3.63) is 302 Å². The van der Waals surface area contributed by atoms with Gasteiger partial charge in [0.25, 0.3) is 0 Å². The first-order chi connectivity index (χ1) is 68.3. The standard InChI is InChI=1S/C29H25FN6O.2C26H26FN7.C26H28FN7/c30-20-8-5-19(6-9-20)27-28(24-15-16-31-29(34-24)32-21-10-11-21)36-22(12-13-25(36)35-27)17-37-26-14-7-18-3-1-2-4-23(18)33-26;27-18-9-7-17(8-10-18)24-25(21-13-15-29-26(32-21)31-19-4-3-5-19)34-20(11-12-23(34)33-24)16-30-22-6-1-2-14-28-22;27-19-8-6-18(7-9-19)24-25(21-12-14-29-26(32-21)31-15-17-4-5-17)34-20(10-11-23(34)33-24)16-30-22-3-1-2-13-28-22;1-17(2)15-31-26-29-14-12-21(32-26)25-24(18-6-8-19(27)9-7-18)33-23-11-10-20(34(23)25)16-30-22-5-3-4-13-28-22/h1-9,14-16,21-22H,10-13,17H2,(H,31,32,34);1-2,6-10,13-15,19-20H,3-5,11-12,16H2,(H,28,30)(H,29,31,32);1-3,6-9,12-14,17,20H,4-5,10-11,15-16H2,(H,28,30)(H,29,31,32);3-9,12-14,17,20H,10-11,15-16H2,1-2H3,(H,28,30)(H,29,31,32). The van der Waals surface area contributed by atoms with E-state index >= 15 is 0 Å². The number of aryl methyl sites for hydroxylation is 4. The normalized spacial score (nSPS) is 16.4. The number of hydrogen-bond acceptors (Lipinski definition) is 24. The van der Waals surface area contributed by atoms with Gasteiger partial charge in [-0.15, -0.1) is 0 Å². The van der Waals surface area contributed by atoms with Crippen molar-refractivity contribution in [3.63, 3.8) is 0 Å². The first-order valence-electron chi connectivity index (χ1n) is 48.0. The molecule has 7 aliphatic rings. The fourth-order valence-corrected chi connectivity index (χ4v) is 18.5. The van der Waals surface area contributed by atoms with E-state index in [4.69, 9.17) is 44.6 Å². The largest absolute Gasteiger partial charge is 0.475 e. The predicted octanol–water partition coefficient (Wildman–Crippen LogP) is 21.1. The fraction of sp³-hybridized carbons (Fsp3) is 0.290. The highest BCUT2D eigenvalue weighted by atomic mass is 19.1. The van der Waals surface area contributed by atoms with Crippen molar-refractivity contribution < 1.29 is 22.3 Å². The SMILES string of the molecule is CC(C)CNc1nccc(-c2c(-c3ccc(F)cc3)nc3n2C(CNc2ccccn2)CC3)n1.Fc1ccc(-c2nc3n(c2-c2ccnc(NC4CC4)n2)C(COc2ccc4ccccc4n2)CC3)cc1.Fc1ccc(-c2nc3n(c2-c2ccnc(NC4CCC4)n2)C(CNc2ccccn2)CC3)cc1.Fc1ccc(-c2nc3n(c2-c2ccnc(NCC4CC4)n2)C(CNc2ccccn2)CC3)cc1. The van der Waals surface area contributed by atoms with E-state index in [9.17, 15) is 17.6 Å². The quantitative estimate of drug-likeness (QED) is 0.0206. The van der Waals surface area contributed by atoms with Gasteiger partial charge in [-0.25, -0.2) is 97.3 Å². The lowest BCUT2D eigenvalue weighted by Gasteiger charge is -2.26. The van der Waals surface area contributed by atoms with Gasteiger partial charge in [-0.05, 0) is 252 Å². The maximum atomic E-state index is 13.7. The Morgan fingerprint density at radius 1 is 0.317 bits per heavy atom. The number of para-hydroxylation sites is 1. The Bertz CT molecular complexity index is 6910. The van der Waals surface area contributed by atoms with E-state index in [0.717, 1.165) is 258 Å². The van der Waals surface area contributed by atoms with Crippen LogP contribution in [0.5, 0.6) is 5.88 Å². The Kier molecular flexibility index (Phi) is 26.5. The fourth-order valence-electron chi connectivity index (χ4n) is 18.5. The zero-order chi connectivity index (χ0) is 94.1. The number of pyridine rings is 4. The van der Waals surface area contributed by atoms with Crippen LogP contribution in [0, 0.1) is 35.1 Å². The number of hydrogen-bond donors (Lipinski definition) is 7. The summed E-state index contributed by atoms with van der Waals surface area (Å²) in [5, 5.41) is 25.0. The molecule has 3 saturated carbocycles. The predicted molar refractivity (Wildman–Crippen MR) is 532 cm³/mol. The third-order valence-corrected chi connectivity index (χ3v) is 26.1. The highest BCUT2D eigenvalue weighted by Crippen LogP contribution is 2.46. The van der Waals surface area contributed by atoms with E-state index in [1.165, 1.54) is 67.8 Å². The van der Waals surface area contributed by atoms with Gasteiger partial charge >= 0.3 is 0 Å². The summed E-state index contributed by atoms with van der Waals surface area (Å²) in [6.07, 6.45) is 28.1. The minimum Gasteiger partial charge on any atom is -0.475 e. The van der Waals surface area contributed by atoms with Gasteiger partial charge in [-0.3, -0.25) is 0 Å². The van der Waals surface area contributed by atoms with Crippen LogP contribution >= 0.6 is 0 Å². The van der Waals surface area contributed by atoms with Gasteiger partial charge in [0.05, 0.1) is 98.0 Å². The summed E-state index contributed by atoms with van der Waals surface area (Å²) in [5.74, 6) is 9.80. The first-order valence-corrected chi connectivity index (χ1v) is 48.0. The third-order valence-electron chi connectivity index (χ3n) is 26.1. The van der Waals surface area contributed by atoms with Crippen LogP contribution in [0.2, 0.25) is 0 Å². The second-order valence-electron chi connectivity index (χ2n) is 36.5. The number of rotatable bonds is 30. The lowest BCUT2D eigenvalue weighted by atomic mass is 9.93. The topological polar surface area (TPSA) is 319 Å². The molecule has 0 saturated heterocycles. The lowest BCUT2D eigenvalue weighted by molar-refractivity contribution is 0.248. The van der Waals surface area contributed by atoms with E-state index in [-0.39, 0.29) is 47.4 Å². The molecule has 3 aliphatic carbocycles. The van der Waals surface area contributed by atoms with Crippen molar-refractivity contribution in [2.45, 2.75) is 146 Å². The molecule has 5 aromatic carbocycles.